The maximum absolute atomic E-state index is 12.1. The minimum Gasteiger partial charge on any atom is -0.462 e. The maximum atomic E-state index is 12.1. The molecule has 3 rings (SSSR count). The van der Waals surface area contributed by atoms with Crippen molar-refractivity contribution in [2.75, 3.05) is 36.5 Å². The van der Waals surface area contributed by atoms with Crippen LogP contribution in [0.2, 0.25) is 0 Å². The number of carbonyl (C=O) groups excluding carboxylic acids is 2. The number of fused-ring (bicyclic) bond motifs is 3. The lowest BCUT2D eigenvalue weighted by Crippen LogP contribution is -2.28. The number of rotatable bonds is 7. The summed E-state index contributed by atoms with van der Waals surface area (Å²) in [6, 6.07) is 4.25. The molecule has 1 aromatic rings. The number of hydrogen-bond acceptors (Lipinski definition) is 8. The van der Waals surface area contributed by atoms with Crippen molar-refractivity contribution in [2.45, 2.75) is 37.6 Å². The SMILES string of the molecule is CCOC(=O)C(=CNc1cc2c(cc1CC)N1CCNC1S2)C(=O)OCC. The van der Waals surface area contributed by atoms with Gasteiger partial charge >= 0.3 is 11.9 Å². The van der Waals surface area contributed by atoms with Gasteiger partial charge in [0, 0.05) is 29.9 Å². The molecule has 8 heteroatoms. The average molecular weight is 391 g/mol. The molecule has 0 spiro atoms. The second kappa shape index (κ2) is 8.67. The summed E-state index contributed by atoms with van der Waals surface area (Å²) in [5, 5.41) is 6.59. The van der Waals surface area contributed by atoms with E-state index < -0.39 is 11.9 Å². The minimum atomic E-state index is -0.693. The molecule has 2 heterocycles. The van der Waals surface area contributed by atoms with Gasteiger partial charge in [-0.3, -0.25) is 5.32 Å². The van der Waals surface area contributed by atoms with Crippen LogP contribution in [0.4, 0.5) is 11.4 Å². The van der Waals surface area contributed by atoms with E-state index in [-0.39, 0.29) is 24.3 Å². The molecule has 2 N–H and O–H groups in total. The lowest BCUT2D eigenvalue weighted by atomic mass is 10.1. The van der Waals surface area contributed by atoms with Crippen LogP contribution in [0.1, 0.15) is 26.3 Å². The number of aryl methyl sites for hydroxylation is 1. The number of benzene rings is 1. The molecule has 1 saturated heterocycles. The first-order valence-electron chi connectivity index (χ1n) is 9.23. The van der Waals surface area contributed by atoms with E-state index in [2.05, 4.69) is 34.6 Å². The molecule has 2 aliphatic heterocycles. The molecular weight excluding hydrogens is 366 g/mol. The van der Waals surface area contributed by atoms with Crippen molar-refractivity contribution >= 4 is 35.1 Å². The molecular formula is C19H25N3O4S. The normalized spacial score (nSPS) is 17.1. The van der Waals surface area contributed by atoms with Crippen molar-refractivity contribution in [3.05, 3.63) is 29.5 Å². The highest BCUT2D eigenvalue weighted by Crippen LogP contribution is 2.46. The van der Waals surface area contributed by atoms with Crippen LogP contribution in [0.5, 0.6) is 0 Å². The van der Waals surface area contributed by atoms with E-state index in [4.69, 9.17) is 9.47 Å². The van der Waals surface area contributed by atoms with Crippen LogP contribution in [-0.2, 0) is 25.5 Å². The molecule has 146 valence electrons. The van der Waals surface area contributed by atoms with E-state index in [1.807, 2.05) is 0 Å². The molecule has 0 bridgehead atoms. The third kappa shape index (κ3) is 4.06. The van der Waals surface area contributed by atoms with Crippen molar-refractivity contribution in [1.82, 2.24) is 5.32 Å². The number of thioether (sulfide) groups is 1. The van der Waals surface area contributed by atoms with Crippen molar-refractivity contribution in [3.8, 4) is 0 Å². The van der Waals surface area contributed by atoms with Crippen LogP contribution in [0.15, 0.2) is 28.8 Å². The number of hydrogen-bond donors (Lipinski definition) is 2. The Kier molecular flexibility index (Phi) is 6.28. The molecule has 0 aromatic heterocycles. The number of esters is 2. The van der Waals surface area contributed by atoms with Gasteiger partial charge in [-0.25, -0.2) is 9.59 Å². The predicted molar refractivity (Wildman–Crippen MR) is 106 cm³/mol. The zero-order chi connectivity index (χ0) is 19.4. The Morgan fingerprint density at radius 2 is 1.96 bits per heavy atom. The van der Waals surface area contributed by atoms with Crippen LogP contribution in [-0.4, -0.2) is 43.7 Å². The van der Waals surface area contributed by atoms with E-state index in [0.717, 1.165) is 30.8 Å². The first-order valence-corrected chi connectivity index (χ1v) is 10.1. The Bertz CT molecular complexity index is 746. The summed E-state index contributed by atoms with van der Waals surface area (Å²) in [4.78, 5) is 27.7. The van der Waals surface area contributed by atoms with E-state index in [9.17, 15) is 9.59 Å². The number of nitrogens with zero attached hydrogens (tertiary/aromatic N) is 1. The predicted octanol–water partition coefficient (Wildman–Crippen LogP) is 2.47. The molecule has 7 nitrogen and oxygen atoms in total. The zero-order valence-electron chi connectivity index (χ0n) is 15.8. The van der Waals surface area contributed by atoms with Crippen molar-refractivity contribution in [3.63, 3.8) is 0 Å². The Morgan fingerprint density at radius 1 is 1.26 bits per heavy atom. The number of carbonyl (C=O) groups is 2. The van der Waals surface area contributed by atoms with E-state index in [1.165, 1.54) is 16.8 Å². The summed E-state index contributed by atoms with van der Waals surface area (Å²) in [5.74, 6) is -1.39. The summed E-state index contributed by atoms with van der Waals surface area (Å²) in [5.41, 5.74) is 3.36. The molecule has 0 radical (unpaired) electrons. The van der Waals surface area contributed by atoms with Crippen molar-refractivity contribution in [2.24, 2.45) is 0 Å². The summed E-state index contributed by atoms with van der Waals surface area (Å²) in [7, 11) is 0. The van der Waals surface area contributed by atoms with Gasteiger partial charge in [-0.15, -0.1) is 0 Å². The summed E-state index contributed by atoms with van der Waals surface area (Å²) < 4.78 is 9.95. The fraction of sp³-hybridized carbons (Fsp3) is 0.474. The average Bonchev–Trinajstić information content (AvgIpc) is 3.22. The topological polar surface area (TPSA) is 79.9 Å². The van der Waals surface area contributed by atoms with Gasteiger partial charge in [-0.05, 0) is 38.0 Å². The Morgan fingerprint density at radius 3 is 2.59 bits per heavy atom. The summed E-state index contributed by atoms with van der Waals surface area (Å²) >= 11 is 1.77. The molecule has 1 fully saturated rings. The van der Waals surface area contributed by atoms with Gasteiger partial charge in [0.1, 0.15) is 5.50 Å². The van der Waals surface area contributed by atoms with E-state index >= 15 is 0 Å². The van der Waals surface area contributed by atoms with Crippen molar-refractivity contribution < 1.29 is 19.1 Å². The van der Waals surface area contributed by atoms with E-state index in [1.54, 1.807) is 25.6 Å². The molecule has 2 aliphatic rings. The molecule has 0 amide bonds. The minimum absolute atomic E-state index is 0.142. The highest BCUT2D eigenvalue weighted by Gasteiger charge is 2.34. The van der Waals surface area contributed by atoms with Crippen LogP contribution < -0.4 is 15.5 Å². The van der Waals surface area contributed by atoms with Gasteiger partial charge in [-0.2, -0.15) is 0 Å². The fourth-order valence-corrected chi connectivity index (χ4v) is 4.41. The smallest absolute Gasteiger partial charge is 0.347 e. The molecule has 1 unspecified atom stereocenters. The molecule has 1 aromatic carbocycles. The molecule has 1 atom stereocenters. The first-order chi connectivity index (χ1) is 13.1. The highest BCUT2D eigenvalue weighted by molar-refractivity contribution is 8.00. The number of ether oxygens (including phenoxy) is 2. The van der Waals surface area contributed by atoms with Crippen LogP contribution in [0, 0.1) is 0 Å². The third-order valence-electron chi connectivity index (χ3n) is 4.43. The fourth-order valence-electron chi connectivity index (χ4n) is 3.13. The lowest BCUT2D eigenvalue weighted by Gasteiger charge is -2.18. The molecule has 0 saturated carbocycles. The van der Waals surface area contributed by atoms with Gasteiger partial charge in [0.05, 0.1) is 18.9 Å². The van der Waals surface area contributed by atoms with Gasteiger partial charge in [0.2, 0.25) is 0 Å². The second-order valence-electron chi connectivity index (χ2n) is 6.09. The van der Waals surface area contributed by atoms with E-state index in [0.29, 0.717) is 0 Å². The Hall–Kier alpha value is -2.19. The Balaban J connectivity index is 1.87. The Labute approximate surface area is 163 Å². The quantitative estimate of drug-likeness (QED) is 0.318. The standard InChI is InChI=1S/C19H25N3O4S/c1-4-12-9-15-16(27-19-20-7-8-22(15)19)10-14(12)21-11-13(17(23)25-5-2)18(24)26-6-3/h9-11,19-21H,4-8H2,1-3H3. The third-order valence-corrected chi connectivity index (χ3v) is 5.66. The van der Waals surface area contributed by atoms with Crippen LogP contribution in [0.3, 0.4) is 0 Å². The second-order valence-corrected chi connectivity index (χ2v) is 7.21. The number of nitrogens with one attached hydrogen (secondary N) is 2. The molecule has 27 heavy (non-hydrogen) atoms. The van der Waals surface area contributed by atoms with Gasteiger partial charge in [0.15, 0.2) is 5.57 Å². The highest BCUT2D eigenvalue weighted by atomic mass is 32.2. The largest absolute Gasteiger partial charge is 0.462 e. The summed E-state index contributed by atoms with van der Waals surface area (Å²) in [6.07, 6.45) is 2.21. The summed E-state index contributed by atoms with van der Waals surface area (Å²) in [6.45, 7) is 7.84. The first kappa shape index (κ1) is 19.6. The maximum Gasteiger partial charge on any atom is 0.347 e. The number of anilines is 2. The lowest BCUT2D eigenvalue weighted by molar-refractivity contribution is -0.146. The van der Waals surface area contributed by atoms with Gasteiger partial charge in [-0.1, -0.05) is 18.7 Å². The van der Waals surface area contributed by atoms with Crippen molar-refractivity contribution in [1.29, 1.82) is 0 Å². The van der Waals surface area contributed by atoms with Gasteiger partial charge in [0.25, 0.3) is 0 Å². The van der Waals surface area contributed by atoms with Crippen LogP contribution >= 0.6 is 11.8 Å². The van der Waals surface area contributed by atoms with Crippen LogP contribution in [0.25, 0.3) is 0 Å². The molecule has 0 aliphatic carbocycles. The monoisotopic (exact) mass is 391 g/mol. The van der Waals surface area contributed by atoms with Gasteiger partial charge < -0.3 is 19.7 Å². The zero-order valence-corrected chi connectivity index (χ0v) is 16.6.